The first-order chi connectivity index (χ1) is 10.5. The average molecular weight is 324 g/mol. The minimum atomic E-state index is -3.50. The van der Waals surface area contributed by atoms with E-state index in [9.17, 15) is 18.0 Å². The lowest BCUT2D eigenvalue weighted by Gasteiger charge is -2.26. The number of rotatable bonds is 4. The highest BCUT2D eigenvalue weighted by molar-refractivity contribution is 7.89. The summed E-state index contributed by atoms with van der Waals surface area (Å²) in [5.74, 6) is -1.13. The van der Waals surface area contributed by atoms with E-state index in [0.717, 1.165) is 4.90 Å². The minimum Gasteiger partial charge on any atom is -0.379 e. The summed E-state index contributed by atoms with van der Waals surface area (Å²) in [6, 6.07) is 6.51. The number of nitrogens with zero attached hydrogens (tertiary/aromatic N) is 2. The van der Waals surface area contributed by atoms with Crippen LogP contribution in [0.3, 0.4) is 0 Å². The fourth-order valence-corrected chi connectivity index (χ4v) is 3.98. The Bertz CT molecular complexity index is 675. The van der Waals surface area contributed by atoms with Crippen LogP contribution in [0, 0.1) is 0 Å². The molecule has 0 aromatic heterocycles. The van der Waals surface area contributed by atoms with Gasteiger partial charge in [-0.05, 0) is 12.1 Å². The second-order valence-electron chi connectivity index (χ2n) is 5.13. The zero-order valence-corrected chi connectivity index (χ0v) is 12.7. The van der Waals surface area contributed by atoms with Crippen molar-refractivity contribution in [1.82, 2.24) is 9.21 Å². The van der Waals surface area contributed by atoms with E-state index in [1.54, 1.807) is 24.3 Å². The molecule has 3 rings (SSSR count). The molecule has 1 saturated heterocycles. The topological polar surface area (TPSA) is 84.0 Å². The monoisotopic (exact) mass is 324 g/mol. The number of hydrogen-bond donors (Lipinski definition) is 0. The van der Waals surface area contributed by atoms with Crippen LogP contribution in [0.15, 0.2) is 24.3 Å². The smallest absolute Gasteiger partial charge is 0.261 e. The number of carbonyl (C=O) groups is 2. The normalized spacial score (nSPS) is 19.5. The minimum absolute atomic E-state index is 0.133. The lowest BCUT2D eigenvalue weighted by Crippen LogP contribution is -2.44. The molecule has 2 aliphatic rings. The van der Waals surface area contributed by atoms with Gasteiger partial charge in [-0.2, -0.15) is 4.31 Å². The standard InChI is InChI=1S/C14H16N2O5S/c17-13-11-3-1-2-4-12(11)14(18)16(13)7-10-22(19,20)15-5-8-21-9-6-15/h1-4H,5-10H2. The van der Waals surface area contributed by atoms with Crippen molar-refractivity contribution in [2.75, 3.05) is 38.6 Å². The lowest BCUT2D eigenvalue weighted by atomic mass is 10.1. The number of fused-ring (bicyclic) bond motifs is 1. The molecule has 2 heterocycles. The van der Waals surface area contributed by atoms with Crippen molar-refractivity contribution >= 4 is 21.8 Å². The Morgan fingerprint density at radius 2 is 1.55 bits per heavy atom. The molecule has 0 atom stereocenters. The first-order valence-electron chi connectivity index (χ1n) is 7.01. The summed E-state index contributed by atoms with van der Waals surface area (Å²) < 4.78 is 31.0. The summed E-state index contributed by atoms with van der Waals surface area (Å²) in [6.45, 7) is 1.22. The maximum Gasteiger partial charge on any atom is 0.261 e. The summed E-state index contributed by atoms with van der Waals surface area (Å²) in [4.78, 5) is 25.4. The predicted octanol–water partition coefficient (Wildman–Crippen LogP) is -0.0554. The third-order valence-electron chi connectivity index (χ3n) is 3.81. The van der Waals surface area contributed by atoms with E-state index in [1.807, 2.05) is 0 Å². The van der Waals surface area contributed by atoms with Crippen molar-refractivity contribution < 1.29 is 22.7 Å². The van der Waals surface area contributed by atoms with Crippen LogP contribution in [0.2, 0.25) is 0 Å². The quantitative estimate of drug-likeness (QED) is 0.725. The van der Waals surface area contributed by atoms with Gasteiger partial charge in [0.25, 0.3) is 11.8 Å². The van der Waals surface area contributed by atoms with Crippen LogP contribution in [0.4, 0.5) is 0 Å². The number of sulfonamides is 1. The van der Waals surface area contributed by atoms with Gasteiger partial charge in [-0.25, -0.2) is 8.42 Å². The second kappa shape index (κ2) is 5.79. The van der Waals surface area contributed by atoms with Crippen LogP contribution < -0.4 is 0 Å². The molecule has 1 aromatic carbocycles. The van der Waals surface area contributed by atoms with Crippen molar-refractivity contribution in [1.29, 1.82) is 0 Å². The fourth-order valence-electron chi connectivity index (χ4n) is 2.60. The molecule has 0 aliphatic carbocycles. The molecule has 0 radical (unpaired) electrons. The largest absolute Gasteiger partial charge is 0.379 e. The summed E-state index contributed by atoms with van der Waals surface area (Å²) >= 11 is 0. The third kappa shape index (κ3) is 2.65. The Kier molecular flexibility index (Phi) is 3.98. The van der Waals surface area contributed by atoms with Gasteiger partial charge in [0, 0.05) is 19.6 Å². The molecule has 0 spiro atoms. The first-order valence-corrected chi connectivity index (χ1v) is 8.62. The molecule has 1 aromatic rings. The van der Waals surface area contributed by atoms with Gasteiger partial charge in [0.05, 0.1) is 30.1 Å². The highest BCUT2D eigenvalue weighted by Crippen LogP contribution is 2.22. The lowest BCUT2D eigenvalue weighted by molar-refractivity contribution is 0.0657. The van der Waals surface area contributed by atoms with Gasteiger partial charge in [0.15, 0.2) is 0 Å². The molecule has 118 valence electrons. The molecule has 0 unspecified atom stereocenters. The van der Waals surface area contributed by atoms with E-state index in [1.165, 1.54) is 4.31 Å². The summed E-state index contributed by atoms with van der Waals surface area (Å²) in [5.41, 5.74) is 0.660. The maximum absolute atomic E-state index is 12.2. The Hall–Kier alpha value is -1.77. The van der Waals surface area contributed by atoms with Crippen molar-refractivity contribution in [3.05, 3.63) is 35.4 Å². The highest BCUT2D eigenvalue weighted by atomic mass is 32.2. The van der Waals surface area contributed by atoms with Crippen LogP contribution in [-0.2, 0) is 14.8 Å². The summed E-state index contributed by atoms with van der Waals surface area (Å²) in [7, 11) is -3.50. The molecule has 8 heteroatoms. The number of morpholine rings is 1. The SMILES string of the molecule is O=C1c2ccccc2C(=O)N1CCS(=O)(=O)N1CCOCC1. The van der Waals surface area contributed by atoms with Gasteiger partial charge >= 0.3 is 0 Å². The molecule has 2 amide bonds. The van der Waals surface area contributed by atoms with Crippen molar-refractivity contribution in [2.24, 2.45) is 0 Å². The average Bonchev–Trinajstić information content (AvgIpc) is 2.78. The number of benzene rings is 1. The van der Waals surface area contributed by atoms with E-state index in [-0.39, 0.29) is 12.3 Å². The number of ether oxygens (including phenoxy) is 1. The van der Waals surface area contributed by atoms with Gasteiger partial charge in [-0.15, -0.1) is 0 Å². The maximum atomic E-state index is 12.2. The predicted molar refractivity (Wildman–Crippen MR) is 78.0 cm³/mol. The van der Waals surface area contributed by atoms with E-state index < -0.39 is 21.8 Å². The molecule has 0 bridgehead atoms. The number of amides is 2. The van der Waals surface area contributed by atoms with Gasteiger partial charge < -0.3 is 4.74 Å². The van der Waals surface area contributed by atoms with E-state index >= 15 is 0 Å². The van der Waals surface area contributed by atoms with Crippen molar-refractivity contribution in [3.63, 3.8) is 0 Å². The van der Waals surface area contributed by atoms with E-state index in [4.69, 9.17) is 4.74 Å². The molecule has 22 heavy (non-hydrogen) atoms. The van der Waals surface area contributed by atoms with Gasteiger partial charge in [0.2, 0.25) is 10.0 Å². The van der Waals surface area contributed by atoms with Gasteiger partial charge in [-0.1, -0.05) is 12.1 Å². The van der Waals surface area contributed by atoms with Crippen LogP contribution in [0.1, 0.15) is 20.7 Å². The molecule has 0 saturated carbocycles. The Balaban J connectivity index is 1.70. The van der Waals surface area contributed by atoms with Crippen molar-refractivity contribution in [3.8, 4) is 0 Å². The van der Waals surface area contributed by atoms with Crippen LogP contribution >= 0.6 is 0 Å². The molecule has 0 N–H and O–H groups in total. The fraction of sp³-hybridized carbons (Fsp3) is 0.429. The molecular formula is C14H16N2O5S. The Morgan fingerprint density at radius 3 is 2.09 bits per heavy atom. The molecule has 7 nitrogen and oxygen atoms in total. The molecule has 2 aliphatic heterocycles. The molecule has 1 fully saturated rings. The van der Waals surface area contributed by atoms with Gasteiger partial charge in [-0.3, -0.25) is 14.5 Å². The summed E-state index contributed by atoms with van der Waals surface area (Å²) in [5, 5.41) is 0. The van der Waals surface area contributed by atoms with Crippen LogP contribution in [-0.4, -0.2) is 68.0 Å². The van der Waals surface area contributed by atoms with E-state index in [0.29, 0.717) is 37.4 Å². The Labute approximate surface area is 128 Å². The van der Waals surface area contributed by atoms with Crippen molar-refractivity contribution in [2.45, 2.75) is 0 Å². The van der Waals surface area contributed by atoms with Gasteiger partial charge in [0.1, 0.15) is 0 Å². The Morgan fingerprint density at radius 1 is 1.00 bits per heavy atom. The zero-order valence-electron chi connectivity index (χ0n) is 11.9. The zero-order chi connectivity index (χ0) is 15.7. The van der Waals surface area contributed by atoms with Crippen LogP contribution in [0.5, 0.6) is 0 Å². The van der Waals surface area contributed by atoms with E-state index in [2.05, 4.69) is 0 Å². The molecular weight excluding hydrogens is 308 g/mol. The highest BCUT2D eigenvalue weighted by Gasteiger charge is 2.36. The second-order valence-corrected chi connectivity index (χ2v) is 7.22. The first kappa shape index (κ1) is 15.1. The number of hydrogen-bond acceptors (Lipinski definition) is 5. The number of imide groups is 1. The number of carbonyl (C=O) groups excluding carboxylic acids is 2. The van der Waals surface area contributed by atoms with Crippen LogP contribution in [0.25, 0.3) is 0 Å². The summed E-state index contributed by atoms with van der Waals surface area (Å²) in [6.07, 6.45) is 0. The third-order valence-corrected chi connectivity index (χ3v) is 5.66.